The Morgan fingerprint density at radius 3 is 2.44 bits per heavy atom. The van der Waals surface area contributed by atoms with Crippen molar-refractivity contribution in [2.24, 2.45) is 14.1 Å². The van der Waals surface area contributed by atoms with Crippen LogP contribution in [0.5, 0.6) is 11.5 Å². The molecule has 4 heterocycles. The summed E-state index contributed by atoms with van der Waals surface area (Å²) in [4.78, 5) is 58.6. The first kappa shape index (κ1) is 21.7. The van der Waals surface area contributed by atoms with Gasteiger partial charge in [0, 0.05) is 40.3 Å². The van der Waals surface area contributed by atoms with Crippen LogP contribution in [0, 0.1) is 0 Å². The van der Waals surface area contributed by atoms with Crippen LogP contribution in [0.3, 0.4) is 0 Å². The number of amides is 2. The molecule has 0 radical (unpaired) electrons. The summed E-state index contributed by atoms with van der Waals surface area (Å²) in [5.74, 6) is 0.568. The molecule has 0 N–H and O–H groups in total. The minimum atomic E-state index is -0.746. The van der Waals surface area contributed by atoms with Gasteiger partial charge in [0.2, 0.25) is 12.0 Å². The topological polar surface area (TPSA) is 121 Å². The first-order valence-corrected chi connectivity index (χ1v) is 10.9. The number of benzene rings is 1. The van der Waals surface area contributed by atoms with Crippen LogP contribution in [-0.2, 0) is 30.2 Å². The fraction of sp³-hybridized carbons (Fsp3) is 0.409. The van der Waals surface area contributed by atoms with Gasteiger partial charge in [-0.2, -0.15) is 0 Å². The van der Waals surface area contributed by atoms with E-state index in [1.807, 2.05) is 12.1 Å². The number of piperazine rings is 1. The number of carbonyl (C=O) groups excluding carboxylic acids is 2. The molecule has 0 bridgehead atoms. The highest BCUT2D eigenvalue weighted by molar-refractivity contribution is 5.82. The second-order valence-electron chi connectivity index (χ2n) is 8.33. The Morgan fingerprint density at radius 1 is 1.03 bits per heavy atom. The Hall–Kier alpha value is -4.09. The van der Waals surface area contributed by atoms with Crippen molar-refractivity contribution in [2.75, 3.05) is 32.8 Å². The number of ether oxygens (including phenoxy) is 2. The number of carbonyl (C=O) groups is 2. The number of hydrogen-bond donors (Lipinski definition) is 0. The summed E-state index contributed by atoms with van der Waals surface area (Å²) in [6.45, 7) is 0.962. The molecular weight excluding hydrogens is 444 g/mol. The molecule has 0 unspecified atom stereocenters. The normalized spacial score (nSPS) is 17.8. The standard InChI is InChI=1S/C22H24N6O6/c1-24-13-23-19-18(24)21(31)28(22(32)25(19)2)11-17(29)26-7-9-27(10-8-26)20(30)16-12-33-14-5-3-4-6-15(14)34-16/h3-6,13,16H,7-12H2,1-2H3/t16-/m0/s1. The largest absolute Gasteiger partial charge is 0.485 e. The minimum Gasteiger partial charge on any atom is -0.485 e. The number of fused-ring (bicyclic) bond motifs is 2. The Labute approximate surface area is 193 Å². The Morgan fingerprint density at radius 2 is 1.71 bits per heavy atom. The molecule has 5 rings (SSSR count). The average Bonchev–Trinajstić information content (AvgIpc) is 3.26. The smallest absolute Gasteiger partial charge is 0.332 e. The monoisotopic (exact) mass is 468 g/mol. The molecule has 2 aliphatic heterocycles. The van der Waals surface area contributed by atoms with Gasteiger partial charge in [-0.05, 0) is 12.1 Å². The molecule has 1 fully saturated rings. The quantitative estimate of drug-likeness (QED) is 0.481. The van der Waals surface area contributed by atoms with Gasteiger partial charge in [-0.3, -0.25) is 19.0 Å². The second kappa shape index (κ2) is 8.36. The van der Waals surface area contributed by atoms with E-state index in [1.54, 1.807) is 29.0 Å². The van der Waals surface area contributed by atoms with E-state index in [0.29, 0.717) is 24.6 Å². The van der Waals surface area contributed by atoms with E-state index >= 15 is 0 Å². The number of imidazole rings is 1. The maximum absolute atomic E-state index is 12.9. The summed E-state index contributed by atoms with van der Waals surface area (Å²) in [5, 5.41) is 0. The average molecular weight is 468 g/mol. The third-order valence-electron chi connectivity index (χ3n) is 6.22. The van der Waals surface area contributed by atoms with Crippen LogP contribution >= 0.6 is 0 Å². The molecule has 34 heavy (non-hydrogen) atoms. The number of rotatable bonds is 3. The number of nitrogens with zero attached hydrogens (tertiary/aromatic N) is 6. The zero-order valence-electron chi connectivity index (χ0n) is 18.8. The van der Waals surface area contributed by atoms with Gasteiger partial charge in [0.1, 0.15) is 13.2 Å². The van der Waals surface area contributed by atoms with E-state index in [0.717, 1.165) is 4.57 Å². The van der Waals surface area contributed by atoms with Crippen molar-refractivity contribution >= 4 is 23.0 Å². The molecule has 12 nitrogen and oxygen atoms in total. The number of aryl methyl sites for hydroxylation is 2. The molecule has 12 heteroatoms. The molecule has 0 saturated carbocycles. The van der Waals surface area contributed by atoms with Crippen molar-refractivity contribution in [2.45, 2.75) is 12.6 Å². The summed E-state index contributed by atoms with van der Waals surface area (Å²) in [7, 11) is 3.17. The van der Waals surface area contributed by atoms with Gasteiger partial charge in [-0.25, -0.2) is 14.3 Å². The summed E-state index contributed by atoms with van der Waals surface area (Å²) in [6.07, 6.45) is 0.706. The molecule has 1 aromatic carbocycles. The Kier molecular flexibility index (Phi) is 5.34. The van der Waals surface area contributed by atoms with Crippen molar-refractivity contribution < 1.29 is 19.1 Å². The molecule has 0 aliphatic carbocycles. The molecule has 2 amide bonds. The van der Waals surface area contributed by atoms with E-state index in [2.05, 4.69) is 4.98 Å². The van der Waals surface area contributed by atoms with Crippen LogP contribution < -0.4 is 20.7 Å². The van der Waals surface area contributed by atoms with Gasteiger partial charge >= 0.3 is 5.69 Å². The van der Waals surface area contributed by atoms with Crippen molar-refractivity contribution in [3.63, 3.8) is 0 Å². The van der Waals surface area contributed by atoms with E-state index in [1.165, 1.54) is 22.5 Å². The molecule has 3 aromatic rings. The van der Waals surface area contributed by atoms with Crippen LogP contribution in [0.1, 0.15) is 0 Å². The second-order valence-corrected chi connectivity index (χ2v) is 8.33. The van der Waals surface area contributed by atoms with Crippen LogP contribution in [-0.4, -0.2) is 79.2 Å². The zero-order chi connectivity index (χ0) is 24.0. The third kappa shape index (κ3) is 3.60. The van der Waals surface area contributed by atoms with E-state index < -0.39 is 17.4 Å². The first-order valence-electron chi connectivity index (χ1n) is 10.9. The first-order chi connectivity index (χ1) is 16.3. The van der Waals surface area contributed by atoms with Crippen molar-refractivity contribution in [1.29, 1.82) is 0 Å². The van der Waals surface area contributed by atoms with E-state index in [-0.39, 0.29) is 49.2 Å². The summed E-state index contributed by atoms with van der Waals surface area (Å²) in [5.41, 5.74) is -0.644. The van der Waals surface area contributed by atoms with Gasteiger partial charge in [0.15, 0.2) is 22.7 Å². The van der Waals surface area contributed by atoms with Crippen LogP contribution in [0.25, 0.3) is 11.2 Å². The minimum absolute atomic E-state index is 0.123. The fourth-order valence-corrected chi connectivity index (χ4v) is 4.29. The van der Waals surface area contributed by atoms with Crippen molar-refractivity contribution in [3.8, 4) is 11.5 Å². The third-order valence-corrected chi connectivity index (χ3v) is 6.22. The number of aromatic nitrogens is 4. The molecule has 0 spiro atoms. The van der Waals surface area contributed by atoms with Gasteiger partial charge in [-0.15, -0.1) is 0 Å². The van der Waals surface area contributed by atoms with Gasteiger partial charge in [-0.1, -0.05) is 12.1 Å². The number of para-hydroxylation sites is 2. The van der Waals surface area contributed by atoms with Gasteiger partial charge in [0.05, 0.1) is 6.33 Å². The summed E-state index contributed by atoms with van der Waals surface area (Å²) in [6, 6.07) is 7.18. The lowest BCUT2D eigenvalue weighted by Crippen LogP contribution is -2.56. The van der Waals surface area contributed by atoms with Crippen LogP contribution in [0.15, 0.2) is 40.2 Å². The molecule has 2 aliphatic rings. The maximum atomic E-state index is 12.9. The fourth-order valence-electron chi connectivity index (χ4n) is 4.29. The molecular formula is C22H24N6O6. The lowest BCUT2D eigenvalue weighted by atomic mass is 10.2. The Bertz CT molecular complexity index is 1400. The zero-order valence-corrected chi connectivity index (χ0v) is 18.8. The van der Waals surface area contributed by atoms with E-state index in [4.69, 9.17) is 9.47 Å². The molecule has 2 aromatic heterocycles. The molecule has 1 atom stereocenters. The lowest BCUT2D eigenvalue weighted by Gasteiger charge is -2.37. The van der Waals surface area contributed by atoms with Crippen LogP contribution in [0.2, 0.25) is 0 Å². The lowest BCUT2D eigenvalue weighted by molar-refractivity contribution is -0.146. The highest BCUT2D eigenvalue weighted by Gasteiger charge is 2.33. The SMILES string of the molecule is Cn1cnc2c1c(=O)n(CC(=O)N1CCN(C(=O)[C@@H]3COc4ccccc4O3)CC1)c(=O)n2C. The maximum Gasteiger partial charge on any atom is 0.332 e. The highest BCUT2D eigenvalue weighted by atomic mass is 16.6. The van der Waals surface area contributed by atoms with Crippen LogP contribution in [0.4, 0.5) is 0 Å². The van der Waals surface area contributed by atoms with E-state index in [9.17, 15) is 19.2 Å². The van der Waals surface area contributed by atoms with Crippen molar-refractivity contribution in [3.05, 3.63) is 51.4 Å². The summed E-state index contributed by atoms with van der Waals surface area (Å²) < 4.78 is 15.1. The van der Waals surface area contributed by atoms with Gasteiger partial charge < -0.3 is 23.8 Å². The predicted octanol–water partition coefficient (Wildman–Crippen LogP) is -1.06. The highest BCUT2D eigenvalue weighted by Crippen LogP contribution is 2.31. The Balaban J connectivity index is 1.24. The number of hydrogen-bond acceptors (Lipinski definition) is 7. The van der Waals surface area contributed by atoms with Crippen molar-refractivity contribution in [1.82, 2.24) is 28.5 Å². The molecule has 1 saturated heterocycles. The predicted molar refractivity (Wildman–Crippen MR) is 120 cm³/mol. The molecule has 178 valence electrons. The summed E-state index contributed by atoms with van der Waals surface area (Å²) >= 11 is 0. The van der Waals surface area contributed by atoms with Gasteiger partial charge in [0.25, 0.3) is 11.5 Å².